The topological polar surface area (TPSA) is 30.5 Å². The normalized spacial score (nSPS) is 12.4. The molecule has 0 heterocycles. The van der Waals surface area contributed by atoms with E-state index in [1.54, 1.807) is 0 Å². The lowest BCUT2D eigenvalue weighted by molar-refractivity contribution is -0.0344. The lowest BCUT2D eigenvalue weighted by Crippen LogP contribution is -2.27. The van der Waals surface area contributed by atoms with Crippen LogP contribution >= 0.6 is 0 Å². The van der Waals surface area contributed by atoms with Gasteiger partial charge in [0.05, 0.1) is 25.4 Å². The Kier molecular flexibility index (Phi) is 7.15. The van der Waals surface area contributed by atoms with Gasteiger partial charge in [-0.2, -0.15) is 0 Å². The number of hydrogen-bond donors (Lipinski definition) is 1. The molecule has 0 radical (unpaired) electrons. The molecule has 0 saturated carbocycles. The summed E-state index contributed by atoms with van der Waals surface area (Å²) in [6.45, 7) is 13.4. The summed E-state index contributed by atoms with van der Waals surface area (Å²) in [6.07, 6.45) is 0. The first-order valence-corrected chi connectivity index (χ1v) is 5.37. The summed E-state index contributed by atoms with van der Waals surface area (Å²) >= 11 is 0. The van der Waals surface area contributed by atoms with Crippen LogP contribution in [-0.2, 0) is 9.47 Å². The van der Waals surface area contributed by atoms with Crippen LogP contribution in [0.15, 0.2) is 0 Å². The predicted molar refractivity (Wildman–Crippen MR) is 59.7 cm³/mol. The standard InChI is InChI=1S/C11H25NO2/c1-10(2)12-6-7-13-8-9-14-11(3,4)5/h10,12H,6-9H2,1-5H3. The zero-order valence-corrected chi connectivity index (χ0v) is 10.2. The minimum absolute atomic E-state index is 0.0560. The molecule has 0 saturated heterocycles. The number of hydrogen-bond acceptors (Lipinski definition) is 3. The molecule has 86 valence electrons. The zero-order chi connectivity index (χ0) is 11.0. The Morgan fingerprint density at radius 3 is 2.21 bits per heavy atom. The van der Waals surface area contributed by atoms with Gasteiger partial charge in [-0.1, -0.05) is 13.8 Å². The van der Waals surface area contributed by atoms with Crippen LogP contribution in [0.4, 0.5) is 0 Å². The van der Waals surface area contributed by atoms with Crippen molar-refractivity contribution < 1.29 is 9.47 Å². The van der Waals surface area contributed by atoms with Gasteiger partial charge in [-0.25, -0.2) is 0 Å². The van der Waals surface area contributed by atoms with E-state index in [0.717, 1.165) is 13.2 Å². The van der Waals surface area contributed by atoms with Gasteiger partial charge in [-0.05, 0) is 20.8 Å². The Hall–Kier alpha value is -0.120. The summed E-state index contributed by atoms with van der Waals surface area (Å²) in [7, 11) is 0. The Balaban J connectivity index is 3.07. The first-order valence-electron chi connectivity index (χ1n) is 5.37. The molecule has 0 aliphatic carbocycles. The van der Waals surface area contributed by atoms with Gasteiger partial charge in [0.25, 0.3) is 0 Å². The van der Waals surface area contributed by atoms with E-state index in [0.29, 0.717) is 19.3 Å². The first-order chi connectivity index (χ1) is 6.42. The highest BCUT2D eigenvalue weighted by Gasteiger charge is 2.08. The van der Waals surface area contributed by atoms with Gasteiger partial charge in [-0.15, -0.1) is 0 Å². The smallest absolute Gasteiger partial charge is 0.0707 e. The molecule has 3 nitrogen and oxygen atoms in total. The van der Waals surface area contributed by atoms with Crippen molar-refractivity contribution in [2.24, 2.45) is 0 Å². The molecule has 0 aromatic rings. The van der Waals surface area contributed by atoms with Gasteiger partial charge >= 0.3 is 0 Å². The quantitative estimate of drug-likeness (QED) is 0.640. The van der Waals surface area contributed by atoms with E-state index < -0.39 is 0 Å². The lowest BCUT2D eigenvalue weighted by Gasteiger charge is -2.19. The molecule has 0 amide bonds. The predicted octanol–water partition coefficient (Wildman–Crippen LogP) is 1.82. The van der Waals surface area contributed by atoms with E-state index in [4.69, 9.17) is 9.47 Å². The molecule has 0 atom stereocenters. The van der Waals surface area contributed by atoms with Crippen molar-refractivity contribution in [1.29, 1.82) is 0 Å². The largest absolute Gasteiger partial charge is 0.378 e. The molecule has 0 aromatic heterocycles. The molecule has 0 unspecified atom stereocenters. The van der Waals surface area contributed by atoms with E-state index >= 15 is 0 Å². The molecule has 14 heavy (non-hydrogen) atoms. The minimum Gasteiger partial charge on any atom is -0.378 e. The fourth-order valence-electron chi connectivity index (χ4n) is 0.929. The maximum Gasteiger partial charge on any atom is 0.0707 e. The summed E-state index contributed by atoms with van der Waals surface area (Å²) in [5.41, 5.74) is -0.0560. The van der Waals surface area contributed by atoms with Crippen molar-refractivity contribution in [2.75, 3.05) is 26.4 Å². The molecule has 3 heteroatoms. The summed E-state index contributed by atoms with van der Waals surface area (Å²) < 4.78 is 10.9. The second kappa shape index (κ2) is 7.21. The van der Waals surface area contributed by atoms with Crippen molar-refractivity contribution in [1.82, 2.24) is 5.32 Å². The van der Waals surface area contributed by atoms with Crippen molar-refractivity contribution in [2.45, 2.75) is 46.3 Å². The van der Waals surface area contributed by atoms with E-state index in [1.807, 2.05) is 20.8 Å². The van der Waals surface area contributed by atoms with Gasteiger partial charge in [0.15, 0.2) is 0 Å². The Bertz CT molecular complexity index is 130. The zero-order valence-electron chi connectivity index (χ0n) is 10.2. The summed E-state index contributed by atoms with van der Waals surface area (Å²) in [4.78, 5) is 0. The number of ether oxygens (including phenoxy) is 2. The second-order valence-electron chi connectivity index (χ2n) is 4.68. The highest BCUT2D eigenvalue weighted by atomic mass is 16.5. The van der Waals surface area contributed by atoms with Gasteiger partial charge < -0.3 is 14.8 Å². The molecule has 0 aromatic carbocycles. The van der Waals surface area contributed by atoms with Crippen molar-refractivity contribution >= 4 is 0 Å². The van der Waals surface area contributed by atoms with E-state index in [9.17, 15) is 0 Å². The monoisotopic (exact) mass is 203 g/mol. The maximum absolute atomic E-state index is 5.51. The van der Waals surface area contributed by atoms with Crippen LogP contribution in [0, 0.1) is 0 Å². The van der Waals surface area contributed by atoms with Gasteiger partial charge in [0.1, 0.15) is 0 Å². The van der Waals surface area contributed by atoms with E-state index in [-0.39, 0.29) is 5.60 Å². The van der Waals surface area contributed by atoms with E-state index in [1.165, 1.54) is 0 Å². The molecular formula is C11H25NO2. The molecule has 0 bridgehead atoms. The SMILES string of the molecule is CC(C)NCCOCCOC(C)(C)C. The van der Waals surface area contributed by atoms with Crippen molar-refractivity contribution in [3.8, 4) is 0 Å². The van der Waals surface area contributed by atoms with Gasteiger partial charge in [-0.3, -0.25) is 0 Å². The first kappa shape index (κ1) is 13.9. The van der Waals surface area contributed by atoms with Crippen LogP contribution in [0.2, 0.25) is 0 Å². The van der Waals surface area contributed by atoms with Crippen LogP contribution in [0.25, 0.3) is 0 Å². The average molecular weight is 203 g/mol. The summed E-state index contributed by atoms with van der Waals surface area (Å²) in [6, 6.07) is 0.532. The molecule has 0 rings (SSSR count). The van der Waals surface area contributed by atoms with Crippen LogP contribution in [0.1, 0.15) is 34.6 Å². The maximum atomic E-state index is 5.51. The van der Waals surface area contributed by atoms with Crippen LogP contribution in [-0.4, -0.2) is 38.0 Å². The third kappa shape index (κ3) is 11.9. The highest BCUT2D eigenvalue weighted by Crippen LogP contribution is 2.05. The molecule has 1 N–H and O–H groups in total. The van der Waals surface area contributed by atoms with Crippen LogP contribution in [0.5, 0.6) is 0 Å². The Morgan fingerprint density at radius 1 is 1.07 bits per heavy atom. The molecular weight excluding hydrogens is 178 g/mol. The Labute approximate surface area is 88.2 Å². The summed E-state index contributed by atoms with van der Waals surface area (Å²) in [5, 5.41) is 3.29. The molecule has 0 spiro atoms. The molecule has 0 fully saturated rings. The van der Waals surface area contributed by atoms with Gasteiger partial charge in [0.2, 0.25) is 0 Å². The third-order valence-corrected chi connectivity index (χ3v) is 1.56. The second-order valence-corrected chi connectivity index (χ2v) is 4.68. The van der Waals surface area contributed by atoms with Crippen LogP contribution in [0.3, 0.4) is 0 Å². The lowest BCUT2D eigenvalue weighted by atomic mass is 10.2. The minimum atomic E-state index is -0.0560. The third-order valence-electron chi connectivity index (χ3n) is 1.56. The summed E-state index contributed by atoms with van der Waals surface area (Å²) in [5.74, 6) is 0. The number of nitrogens with one attached hydrogen (secondary N) is 1. The number of rotatable bonds is 7. The molecule has 0 aliphatic heterocycles. The van der Waals surface area contributed by atoms with Crippen molar-refractivity contribution in [3.05, 3.63) is 0 Å². The van der Waals surface area contributed by atoms with E-state index in [2.05, 4.69) is 19.2 Å². The highest BCUT2D eigenvalue weighted by molar-refractivity contribution is 4.58. The average Bonchev–Trinajstić information content (AvgIpc) is 2.00. The Morgan fingerprint density at radius 2 is 1.71 bits per heavy atom. The fourth-order valence-corrected chi connectivity index (χ4v) is 0.929. The fraction of sp³-hybridized carbons (Fsp3) is 1.00. The molecule has 0 aliphatic rings. The van der Waals surface area contributed by atoms with Gasteiger partial charge in [0, 0.05) is 12.6 Å². The van der Waals surface area contributed by atoms with Crippen LogP contribution < -0.4 is 5.32 Å². The van der Waals surface area contributed by atoms with Crippen molar-refractivity contribution in [3.63, 3.8) is 0 Å².